The molecule has 5 heterocycles. The summed E-state index contributed by atoms with van der Waals surface area (Å²) in [6.07, 6.45) is 12.6. The van der Waals surface area contributed by atoms with Crippen LogP contribution in [0.4, 0.5) is 0 Å². The standard InChI is InChI=1S/C41H50N4O5/c1-10-20(4)15-16-50-34(46)14-13-27-23(7)30-17-28-21(5)25(11-2)32(42-28)18-29-22(6)26(12-3)33(43-29)19-31-24(8)35-39(45-31)36(38(27)44-30)37(40(35)47)41(48)49-9/h11,15,17-19,23,27,35,37-38,42-45H,2,10,12-14,16H2,1,3-9H3/b20-15+,29-18-,30-17-,33-19-/t23-,27-,35?,37+,38?/m0/s1. The smallest absolute Gasteiger partial charge is 0.320 e. The second kappa shape index (κ2) is 13.8. The van der Waals surface area contributed by atoms with Crippen molar-refractivity contribution in [3.8, 4) is 0 Å². The molecule has 5 atom stereocenters. The molecule has 9 nitrogen and oxygen atoms in total. The van der Waals surface area contributed by atoms with Gasteiger partial charge in [-0.1, -0.05) is 39.0 Å². The largest absolute Gasteiger partial charge is 0.468 e. The number of nitrogens with one attached hydrogen (secondary N) is 4. The van der Waals surface area contributed by atoms with Crippen LogP contribution < -0.4 is 21.3 Å². The van der Waals surface area contributed by atoms with Gasteiger partial charge in [0.15, 0.2) is 5.78 Å². The van der Waals surface area contributed by atoms with Crippen molar-refractivity contribution in [2.45, 2.75) is 80.2 Å². The molecule has 0 amide bonds. The number of rotatable bonds is 9. The Kier molecular flexibility index (Phi) is 9.71. The summed E-state index contributed by atoms with van der Waals surface area (Å²) in [5, 5.41) is 9.35. The van der Waals surface area contributed by atoms with Crippen molar-refractivity contribution in [3.63, 3.8) is 0 Å². The van der Waals surface area contributed by atoms with E-state index in [4.69, 9.17) is 9.47 Å². The lowest BCUT2D eigenvalue weighted by molar-refractivity contribution is -0.148. The van der Waals surface area contributed by atoms with E-state index in [1.807, 2.05) is 26.0 Å². The second-order valence-electron chi connectivity index (χ2n) is 14.1. The van der Waals surface area contributed by atoms with Gasteiger partial charge >= 0.3 is 11.9 Å². The number of ether oxygens (including phenoxy) is 2. The summed E-state index contributed by atoms with van der Waals surface area (Å²) >= 11 is 0. The molecule has 1 saturated heterocycles. The van der Waals surface area contributed by atoms with E-state index < -0.39 is 23.8 Å². The number of aromatic amines is 2. The maximum Gasteiger partial charge on any atom is 0.320 e. The van der Waals surface area contributed by atoms with Crippen LogP contribution in [0.3, 0.4) is 0 Å². The molecule has 264 valence electrons. The number of Topliss-reactive ketones (excluding diaryl/α,β-unsaturated/α-hetero) is 1. The van der Waals surface area contributed by atoms with Gasteiger partial charge < -0.3 is 30.1 Å². The summed E-state index contributed by atoms with van der Waals surface area (Å²) in [7, 11) is 1.33. The van der Waals surface area contributed by atoms with Crippen LogP contribution in [0.5, 0.6) is 0 Å². The first kappa shape index (κ1) is 35.1. The number of fused-ring (bicyclic) bond motifs is 8. The molecule has 0 spiro atoms. The molecule has 0 saturated carbocycles. The highest BCUT2D eigenvalue weighted by Crippen LogP contribution is 2.49. The summed E-state index contributed by atoms with van der Waals surface area (Å²) in [4.78, 5) is 48.0. The van der Waals surface area contributed by atoms with E-state index >= 15 is 0 Å². The number of carbonyl (C=O) groups is 3. The monoisotopic (exact) mass is 678 g/mol. The normalized spacial score (nSPS) is 26.4. The minimum absolute atomic E-state index is 0.0324. The summed E-state index contributed by atoms with van der Waals surface area (Å²) in [5.74, 6) is -2.83. The molecule has 2 unspecified atom stereocenters. The summed E-state index contributed by atoms with van der Waals surface area (Å²) in [5.41, 5.74) is 11.6. The number of ketones is 1. The molecule has 4 aliphatic rings. The average Bonchev–Trinajstić information content (AvgIpc) is 3.84. The van der Waals surface area contributed by atoms with Gasteiger partial charge in [0.1, 0.15) is 12.5 Å². The van der Waals surface area contributed by atoms with E-state index in [2.05, 4.69) is 80.0 Å². The third-order valence-corrected chi connectivity index (χ3v) is 11.4. The number of hydrogen-bond acceptors (Lipinski definition) is 7. The van der Waals surface area contributed by atoms with Gasteiger partial charge in [-0.2, -0.15) is 0 Å². The average molecular weight is 679 g/mol. The van der Waals surface area contributed by atoms with Crippen LogP contribution in [-0.2, 0) is 30.3 Å². The highest BCUT2D eigenvalue weighted by Gasteiger charge is 2.55. The van der Waals surface area contributed by atoms with Gasteiger partial charge in [-0.25, -0.2) is 0 Å². The van der Waals surface area contributed by atoms with Crippen molar-refractivity contribution < 1.29 is 23.9 Å². The highest BCUT2D eigenvalue weighted by atomic mass is 16.5. The van der Waals surface area contributed by atoms with Crippen LogP contribution in [0, 0.1) is 37.5 Å². The minimum Gasteiger partial charge on any atom is -0.468 e. The Hall–Kier alpha value is -4.79. The first-order valence-corrected chi connectivity index (χ1v) is 17.8. The fourth-order valence-electron chi connectivity index (χ4n) is 8.25. The number of aromatic nitrogens is 2. The van der Waals surface area contributed by atoms with E-state index in [1.54, 1.807) is 0 Å². The van der Waals surface area contributed by atoms with Gasteiger partial charge in [0.05, 0.1) is 19.1 Å². The van der Waals surface area contributed by atoms with Crippen molar-refractivity contribution in [2.24, 2.45) is 23.7 Å². The molecule has 8 bridgehead atoms. The Morgan fingerprint density at radius 2 is 1.78 bits per heavy atom. The second-order valence-corrected chi connectivity index (χ2v) is 14.1. The van der Waals surface area contributed by atoms with Crippen LogP contribution in [0.1, 0.15) is 87.5 Å². The maximum absolute atomic E-state index is 14.3. The van der Waals surface area contributed by atoms with E-state index in [0.717, 1.165) is 74.3 Å². The van der Waals surface area contributed by atoms with Gasteiger partial charge in [0.2, 0.25) is 0 Å². The minimum atomic E-state index is -1.06. The van der Waals surface area contributed by atoms with Crippen LogP contribution in [0.2, 0.25) is 0 Å². The van der Waals surface area contributed by atoms with E-state index in [-0.39, 0.29) is 36.6 Å². The molecule has 1 fully saturated rings. The van der Waals surface area contributed by atoms with Crippen LogP contribution in [-0.4, -0.2) is 47.4 Å². The Balaban J connectivity index is 1.54. The van der Waals surface area contributed by atoms with Crippen LogP contribution >= 0.6 is 0 Å². The van der Waals surface area contributed by atoms with Crippen molar-refractivity contribution in [3.05, 3.63) is 90.8 Å². The third-order valence-electron chi connectivity index (χ3n) is 11.4. The first-order chi connectivity index (χ1) is 23.9. The topological polar surface area (TPSA) is 125 Å². The molecule has 2 aromatic heterocycles. The maximum atomic E-state index is 14.3. The molecule has 2 aromatic rings. The zero-order valence-electron chi connectivity index (χ0n) is 30.6. The molecular weight excluding hydrogens is 628 g/mol. The zero-order valence-corrected chi connectivity index (χ0v) is 30.6. The molecule has 4 N–H and O–H groups in total. The van der Waals surface area contributed by atoms with Crippen LogP contribution in [0.25, 0.3) is 24.3 Å². The van der Waals surface area contributed by atoms with Gasteiger partial charge in [-0.3, -0.25) is 14.4 Å². The lowest BCUT2D eigenvalue weighted by atomic mass is 9.80. The first-order valence-electron chi connectivity index (χ1n) is 17.8. The number of H-pyrrole nitrogens is 2. The predicted molar refractivity (Wildman–Crippen MR) is 196 cm³/mol. The van der Waals surface area contributed by atoms with Crippen molar-refractivity contribution in [1.29, 1.82) is 0 Å². The fourth-order valence-corrected chi connectivity index (χ4v) is 8.25. The van der Waals surface area contributed by atoms with Crippen molar-refractivity contribution in [2.75, 3.05) is 13.7 Å². The number of allylic oxidation sites excluding steroid dienone is 4. The number of esters is 2. The lowest BCUT2D eigenvalue weighted by Gasteiger charge is -2.26. The fraction of sp³-hybridized carbons (Fsp3) is 0.439. The molecule has 9 heteroatoms. The molecular formula is C41H50N4O5. The number of hydrogen-bond donors (Lipinski definition) is 4. The Morgan fingerprint density at radius 1 is 1.02 bits per heavy atom. The Morgan fingerprint density at radius 3 is 2.46 bits per heavy atom. The van der Waals surface area contributed by atoms with E-state index in [1.165, 1.54) is 18.2 Å². The lowest BCUT2D eigenvalue weighted by Crippen LogP contribution is -2.37. The molecule has 50 heavy (non-hydrogen) atoms. The predicted octanol–water partition coefficient (Wildman–Crippen LogP) is 5.15. The van der Waals surface area contributed by atoms with Gasteiger partial charge in [0, 0.05) is 57.1 Å². The van der Waals surface area contributed by atoms with E-state index in [9.17, 15) is 14.4 Å². The molecule has 6 rings (SSSR count). The molecule has 1 aliphatic carbocycles. The third kappa shape index (κ3) is 5.90. The highest BCUT2D eigenvalue weighted by molar-refractivity contribution is 6.09. The van der Waals surface area contributed by atoms with Crippen molar-refractivity contribution in [1.82, 2.24) is 20.6 Å². The number of carbonyl (C=O) groups excluding carboxylic acids is 3. The van der Waals surface area contributed by atoms with Gasteiger partial charge in [-0.15, -0.1) is 0 Å². The van der Waals surface area contributed by atoms with Crippen LogP contribution in [0.15, 0.2) is 46.5 Å². The van der Waals surface area contributed by atoms with E-state index in [0.29, 0.717) is 12.0 Å². The SMILES string of the molecule is C=Cc1c2[nH]c(c1C)/C=C1\NC(C3=C4NC(=C(C)C4C(=O)[C@@H]3C(=O)OC)/C=c3\[nH]/c(c(C)c3CC)=C\2)[C@@H](CCC(=O)OC/C=C(\C)CC)[C@@H]1C. The number of methoxy groups -OCH3 is 1. The van der Waals surface area contributed by atoms with Gasteiger partial charge in [-0.05, 0) is 105 Å². The Bertz CT molecular complexity index is 2030. The summed E-state index contributed by atoms with van der Waals surface area (Å²) in [6.45, 7) is 18.9. The molecule has 0 aromatic carbocycles. The quantitative estimate of drug-likeness (QED) is 0.164. The summed E-state index contributed by atoms with van der Waals surface area (Å²) < 4.78 is 10.8. The van der Waals surface area contributed by atoms with Crippen molar-refractivity contribution >= 4 is 42.0 Å². The Labute approximate surface area is 294 Å². The molecule has 3 aliphatic heterocycles. The zero-order chi connectivity index (χ0) is 36.0. The molecule has 0 radical (unpaired) electrons. The summed E-state index contributed by atoms with van der Waals surface area (Å²) in [6, 6.07) is -0.405. The van der Waals surface area contributed by atoms with Gasteiger partial charge in [0.25, 0.3) is 0 Å².